The number of carboxylic acid groups (broad SMARTS) is 1. The van der Waals surface area contributed by atoms with Crippen LogP contribution in [0.1, 0.15) is 22.5 Å². The Balaban J connectivity index is 2.21. The number of benzene rings is 1. The third kappa shape index (κ3) is 3.50. The molecule has 0 saturated carbocycles. The van der Waals surface area contributed by atoms with Crippen LogP contribution in [0.2, 0.25) is 0 Å². The van der Waals surface area contributed by atoms with E-state index in [9.17, 15) is 9.59 Å². The summed E-state index contributed by atoms with van der Waals surface area (Å²) >= 11 is 0. The molecule has 0 bridgehead atoms. The van der Waals surface area contributed by atoms with Gasteiger partial charge < -0.3 is 15.2 Å². The molecule has 0 unspecified atom stereocenters. The average Bonchev–Trinajstić information content (AvgIpc) is 2.87. The number of methoxy groups -OCH3 is 1. The minimum Gasteiger partial charge on any atom is -0.478 e. The Morgan fingerprint density at radius 3 is 2.82 bits per heavy atom. The van der Waals surface area contributed by atoms with Crippen molar-refractivity contribution in [1.29, 1.82) is 0 Å². The second kappa shape index (κ2) is 6.86. The summed E-state index contributed by atoms with van der Waals surface area (Å²) in [5.41, 5.74) is 1.96. The monoisotopic (exact) mass is 303 g/mol. The Labute approximate surface area is 127 Å². The van der Waals surface area contributed by atoms with Crippen molar-refractivity contribution in [3.8, 4) is 5.69 Å². The number of aromatic carboxylic acids is 1. The molecule has 0 radical (unpaired) electrons. The molecular weight excluding hydrogens is 286 g/mol. The van der Waals surface area contributed by atoms with Crippen LogP contribution in [-0.2, 0) is 9.53 Å². The highest BCUT2D eigenvalue weighted by Gasteiger charge is 2.14. The predicted octanol–water partition coefficient (Wildman–Crippen LogP) is 1.85. The lowest BCUT2D eigenvalue weighted by Gasteiger charge is -2.09. The summed E-state index contributed by atoms with van der Waals surface area (Å²) in [5.74, 6) is -1.17. The molecule has 116 valence electrons. The summed E-state index contributed by atoms with van der Waals surface area (Å²) in [5, 5.41) is 15.9. The molecule has 1 amide bonds. The highest BCUT2D eigenvalue weighted by atomic mass is 16.5. The molecule has 2 aromatic rings. The van der Waals surface area contributed by atoms with E-state index >= 15 is 0 Å². The third-order valence-electron chi connectivity index (χ3n) is 3.15. The van der Waals surface area contributed by atoms with Crippen LogP contribution in [0, 0.1) is 6.92 Å². The summed E-state index contributed by atoms with van der Waals surface area (Å²) in [4.78, 5) is 22.7. The van der Waals surface area contributed by atoms with E-state index in [1.54, 1.807) is 31.2 Å². The molecule has 1 heterocycles. The molecule has 0 fully saturated rings. The van der Waals surface area contributed by atoms with Gasteiger partial charge in [0.2, 0.25) is 5.91 Å². The normalized spacial score (nSPS) is 10.5. The Kier molecular flexibility index (Phi) is 4.90. The van der Waals surface area contributed by atoms with Gasteiger partial charge in [0.05, 0.1) is 30.6 Å². The number of hydrogen-bond donors (Lipinski definition) is 2. The first-order chi connectivity index (χ1) is 10.5. The second-order valence-electron chi connectivity index (χ2n) is 4.70. The number of rotatable bonds is 6. The SMILES string of the molecule is COCCC(=O)Nc1cccc(-n2ncc(C(=O)O)c2C)c1. The molecule has 0 aliphatic carbocycles. The van der Waals surface area contributed by atoms with Gasteiger partial charge >= 0.3 is 5.97 Å². The van der Waals surface area contributed by atoms with E-state index in [0.29, 0.717) is 23.7 Å². The number of amides is 1. The number of carbonyl (C=O) groups excluding carboxylic acids is 1. The van der Waals surface area contributed by atoms with Crippen molar-refractivity contribution >= 4 is 17.6 Å². The molecule has 0 spiro atoms. The highest BCUT2D eigenvalue weighted by molar-refractivity contribution is 5.91. The number of ether oxygens (including phenoxy) is 1. The topological polar surface area (TPSA) is 93.5 Å². The van der Waals surface area contributed by atoms with Crippen LogP contribution in [0.5, 0.6) is 0 Å². The second-order valence-corrected chi connectivity index (χ2v) is 4.70. The minimum absolute atomic E-state index is 0.148. The zero-order valence-electron chi connectivity index (χ0n) is 12.4. The Hall–Kier alpha value is -2.67. The standard InChI is InChI=1S/C15H17N3O4/c1-10-13(15(20)21)9-16-18(10)12-5-3-4-11(8-12)17-14(19)6-7-22-2/h3-5,8-9H,6-7H2,1-2H3,(H,17,19)(H,20,21). The number of carboxylic acids is 1. The average molecular weight is 303 g/mol. The Bertz CT molecular complexity index is 694. The zero-order valence-corrected chi connectivity index (χ0v) is 12.4. The van der Waals surface area contributed by atoms with Gasteiger partial charge in [-0.15, -0.1) is 0 Å². The molecule has 0 atom stereocenters. The lowest BCUT2D eigenvalue weighted by atomic mass is 10.2. The zero-order chi connectivity index (χ0) is 16.1. The van der Waals surface area contributed by atoms with Gasteiger partial charge in [-0.05, 0) is 25.1 Å². The van der Waals surface area contributed by atoms with Gasteiger partial charge in [0.1, 0.15) is 5.56 Å². The van der Waals surface area contributed by atoms with Crippen molar-refractivity contribution < 1.29 is 19.4 Å². The largest absolute Gasteiger partial charge is 0.478 e. The summed E-state index contributed by atoms with van der Waals surface area (Å²) in [6.45, 7) is 2.03. The van der Waals surface area contributed by atoms with Crippen LogP contribution in [0.15, 0.2) is 30.5 Å². The van der Waals surface area contributed by atoms with E-state index in [1.165, 1.54) is 18.0 Å². The molecule has 2 rings (SSSR count). The summed E-state index contributed by atoms with van der Waals surface area (Å²) in [7, 11) is 1.54. The number of nitrogens with one attached hydrogen (secondary N) is 1. The van der Waals surface area contributed by atoms with Gasteiger partial charge in [-0.25, -0.2) is 9.48 Å². The molecule has 2 N–H and O–H groups in total. The first-order valence-electron chi connectivity index (χ1n) is 6.70. The van der Waals surface area contributed by atoms with Crippen molar-refractivity contribution in [2.75, 3.05) is 19.0 Å². The van der Waals surface area contributed by atoms with E-state index in [-0.39, 0.29) is 17.9 Å². The molecular formula is C15H17N3O4. The fourth-order valence-electron chi connectivity index (χ4n) is 2.01. The highest BCUT2D eigenvalue weighted by Crippen LogP contribution is 2.18. The fourth-order valence-corrected chi connectivity index (χ4v) is 2.01. The summed E-state index contributed by atoms with van der Waals surface area (Å²) in [6, 6.07) is 7.04. The smallest absolute Gasteiger partial charge is 0.339 e. The van der Waals surface area contributed by atoms with Crippen LogP contribution < -0.4 is 5.32 Å². The Morgan fingerprint density at radius 1 is 1.41 bits per heavy atom. The maximum absolute atomic E-state index is 11.7. The fraction of sp³-hybridized carbons (Fsp3) is 0.267. The molecule has 22 heavy (non-hydrogen) atoms. The summed E-state index contributed by atoms with van der Waals surface area (Å²) in [6.07, 6.45) is 1.58. The van der Waals surface area contributed by atoms with Crippen molar-refractivity contribution in [1.82, 2.24) is 9.78 Å². The Morgan fingerprint density at radius 2 is 2.18 bits per heavy atom. The van der Waals surface area contributed by atoms with Gasteiger partial charge in [-0.2, -0.15) is 5.10 Å². The molecule has 1 aromatic heterocycles. The summed E-state index contributed by atoms with van der Waals surface area (Å²) < 4.78 is 6.38. The van der Waals surface area contributed by atoms with E-state index < -0.39 is 5.97 Å². The van der Waals surface area contributed by atoms with Crippen molar-refractivity contribution in [3.05, 3.63) is 41.7 Å². The molecule has 0 saturated heterocycles. The first kappa shape index (κ1) is 15.7. The van der Waals surface area contributed by atoms with E-state index in [2.05, 4.69) is 10.4 Å². The van der Waals surface area contributed by atoms with Gasteiger partial charge in [-0.3, -0.25) is 4.79 Å². The van der Waals surface area contributed by atoms with E-state index in [1.807, 2.05) is 0 Å². The number of aromatic nitrogens is 2. The van der Waals surface area contributed by atoms with Gasteiger partial charge in [0, 0.05) is 12.8 Å². The van der Waals surface area contributed by atoms with E-state index in [0.717, 1.165) is 0 Å². The van der Waals surface area contributed by atoms with Crippen LogP contribution in [0.3, 0.4) is 0 Å². The molecule has 7 nitrogen and oxygen atoms in total. The van der Waals surface area contributed by atoms with Crippen LogP contribution in [0.25, 0.3) is 5.69 Å². The predicted molar refractivity (Wildman–Crippen MR) is 80.4 cm³/mol. The maximum atomic E-state index is 11.7. The number of carbonyl (C=O) groups is 2. The third-order valence-corrected chi connectivity index (χ3v) is 3.15. The van der Waals surface area contributed by atoms with Gasteiger partial charge in [0.25, 0.3) is 0 Å². The minimum atomic E-state index is -1.02. The maximum Gasteiger partial charge on any atom is 0.339 e. The van der Waals surface area contributed by atoms with Crippen molar-refractivity contribution in [3.63, 3.8) is 0 Å². The quantitative estimate of drug-likeness (QED) is 0.849. The number of hydrogen-bond acceptors (Lipinski definition) is 4. The molecule has 0 aliphatic rings. The van der Waals surface area contributed by atoms with Gasteiger partial charge in [-0.1, -0.05) is 6.07 Å². The van der Waals surface area contributed by atoms with Crippen LogP contribution in [-0.4, -0.2) is 40.5 Å². The van der Waals surface area contributed by atoms with Crippen molar-refractivity contribution in [2.24, 2.45) is 0 Å². The van der Waals surface area contributed by atoms with Crippen molar-refractivity contribution in [2.45, 2.75) is 13.3 Å². The van der Waals surface area contributed by atoms with Crippen LogP contribution >= 0.6 is 0 Å². The number of anilines is 1. The van der Waals surface area contributed by atoms with Crippen LogP contribution in [0.4, 0.5) is 5.69 Å². The first-order valence-corrected chi connectivity index (χ1v) is 6.70. The molecule has 1 aromatic carbocycles. The molecule has 0 aliphatic heterocycles. The lowest BCUT2D eigenvalue weighted by molar-refractivity contribution is -0.117. The number of nitrogens with zero attached hydrogens (tertiary/aromatic N) is 2. The van der Waals surface area contributed by atoms with E-state index in [4.69, 9.17) is 9.84 Å². The molecule has 7 heteroatoms. The van der Waals surface area contributed by atoms with Gasteiger partial charge in [0.15, 0.2) is 0 Å². The lowest BCUT2D eigenvalue weighted by Crippen LogP contribution is -2.13.